The maximum Gasteiger partial charge on any atom is 0.125 e. The first-order valence-electron chi connectivity index (χ1n) is 3.25. The molecule has 0 aromatic carbocycles. The Morgan fingerprint density at radius 1 is 0.909 bits per heavy atom. The van der Waals surface area contributed by atoms with Crippen molar-refractivity contribution in [3.8, 4) is 59.7 Å². The van der Waals surface area contributed by atoms with Gasteiger partial charge in [0.15, 0.2) is 0 Å². The normalized spacial score (nSPS) is 4.27. The zero-order chi connectivity index (χ0) is 9.07. The van der Waals surface area contributed by atoms with E-state index in [-0.39, 0.29) is 0 Å². The largest absolute Gasteiger partial charge is 0.125 e. The first kappa shape index (κ1) is 6.91. The van der Waals surface area contributed by atoms with Gasteiger partial charge in [-0.05, 0) is 54.3 Å². The molecule has 48 valence electrons. The Morgan fingerprint density at radius 3 is 2.00 bits per heavy atom. The Kier molecular flexibility index (Phi) is 4.90. The molecule has 0 aliphatic heterocycles. The van der Waals surface area contributed by atoms with Crippen molar-refractivity contribution in [1.82, 2.24) is 0 Å². The predicted molar refractivity (Wildman–Crippen MR) is 45.6 cm³/mol. The number of hydrogen-bond donors (Lipinski definition) is 0. The van der Waals surface area contributed by atoms with Gasteiger partial charge in [0.1, 0.15) is 1.37 Å². The van der Waals surface area contributed by atoms with E-state index in [2.05, 4.69) is 53.3 Å². The van der Waals surface area contributed by atoms with Gasteiger partial charge in [0.25, 0.3) is 0 Å². The second kappa shape index (κ2) is 7.80. The van der Waals surface area contributed by atoms with Crippen LogP contribution in [0.15, 0.2) is 0 Å². The van der Waals surface area contributed by atoms with Gasteiger partial charge < -0.3 is 0 Å². The Labute approximate surface area is 68.8 Å². The Hall–Kier alpha value is -2.20. The van der Waals surface area contributed by atoms with Gasteiger partial charge in [0.05, 0.1) is 0 Å². The lowest BCUT2D eigenvalue weighted by atomic mass is 10.5. The Bertz CT molecular complexity index is 386. The minimum Gasteiger partial charge on any atom is -0.106 e. The van der Waals surface area contributed by atoms with Crippen molar-refractivity contribution in [2.75, 3.05) is 0 Å². The van der Waals surface area contributed by atoms with Crippen molar-refractivity contribution in [3.05, 3.63) is 0 Å². The third kappa shape index (κ3) is 7.80. The van der Waals surface area contributed by atoms with Crippen LogP contribution in [0.1, 0.15) is 8.29 Å². The molecule has 0 spiro atoms. The smallest absolute Gasteiger partial charge is 0.106 e. The molecular formula is C11H4. The number of terminal acetylenes is 1. The topological polar surface area (TPSA) is 0 Å². The molecule has 0 amide bonds. The van der Waals surface area contributed by atoms with Crippen molar-refractivity contribution < 1.29 is 1.37 Å². The minimum atomic E-state index is 1.70. The van der Waals surface area contributed by atoms with E-state index in [1.54, 1.807) is 6.92 Å². The summed E-state index contributed by atoms with van der Waals surface area (Å²) < 4.78 is 6.42. The first-order valence-corrected chi connectivity index (χ1v) is 2.75. The molecule has 0 saturated carbocycles. The highest BCUT2D eigenvalue weighted by atomic mass is 13.5. The standard InChI is InChI=1S/C11H4/c1-3-5-7-9-11-10-8-6-4-2/h1H,2H3/i1D. The van der Waals surface area contributed by atoms with E-state index < -0.39 is 0 Å². The van der Waals surface area contributed by atoms with E-state index >= 15 is 0 Å². The molecule has 0 N–H and O–H groups in total. The molecule has 11 heavy (non-hydrogen) atoms. The van der Waals surface area contributed by atoms with Crippen LogP contribution in [0.5, 0.6) is 0 Å². The summed E-state index contributed by atoms with van der Waals surface area (Å²) in [6.07, 6.45) is 1.88. The van der Waals surface area contributed by atoms with Crippen molar-refractivity contribution in [3.63, 3.8) is 0 Å². The van der Waals surface area contributed by atoms with E-state index in [1.807, 2.05) is 6.40 Å². The fourth-order valence-corrected chi connectivity index (χ4v) is 0.250. The van der Waals surface area contributed by atoms with E-state index in [9.17, 15) is 0 Å². The van der Waals surface area contributed by atoms with Crippen molar-refractivity contribution in [1.29, 1.82) is 0 Å². The number of hydrogen-bond acceptors (Lipinski definition) is 0. The molecule has 0 heterocycles. The summed E-state index contributed by atoms with van der Waals surface area (Å²) in [5.41, 5.74) is 0. The van der Waals surface area contributed by atoms with Crippen LogP contribution < -0.4 is 0 Å². The molecule has 0 aromatic rings. The summed E-state index contributed by atoms with van der Waals surface area (Å²) in [7, 11) is 0. The fraction of sp³-hybridized carbons (Fsp3) is 0.0909. The van der Waals surface area contributed by atoms with Gasteiger partial charge in [0.2, 0.25) is 0 Å². The summed E-state index contributed by atoms with van der Waals surface area (Å²) in [5.74, 6) is 22.0. The molecule has 0 fully saturated rings. The van der Waals surface area contributed by atoms with Crippen LogP contribution in [-0.4, -0.2) is 0 Å². The van der Waals surface area contributed by atoms with Gasteiger partial charge in [-0.1, -0.05) is 5.92 Å². The van der Waals surface area contributed by atoms with E-state index in [1.165, 1.54) is 0 Å². The van der Waals surface area contributed by atoms with E-state index in [0.717, 1.165) is 0 Å². The van der Waals surface area contributed by atoms with Crippen LogP contribution >= 0.6 is 0 Å². The highest BCUT2D eigenvalue weighted by molar-refractivity contribution is 5.41. The molecule has 0 bridgehead atoms. The molecule has 0 aromatic heterocycles. The fourth-order valence-electron chi connectivity index (χ4n) is 0.250. The van der Waals surface area contributed by atoms with Gasteiger partial charge >= 0.3 is 0 Å². The molecular weight excluding hydrogens is 132 g/mol. The Morgan fingerprint density at radius 2 is 1.45 bits per heavy atom. The summed E-state index contributed by atoms with van der Waals surface area (Å²) in [6, 6.07) is 0. The van der Waals surface area contributed by atoms with Crippen molar-refractivity contribution >= 4 is 0 Å². The third-order valence-electron chi connectivity index (χ3n) is 0.562. The maximum absolute atomic E-state index is 6.42. The van der Waals surface area contributed by atoms with Crippen molar-refractivity contribution in [2.24, 2.45) is 0 Å². The average Bonchev–Trinajstić information content (AvgIpc) is 2.10. The molecule has 0 atom stereocenters. The van der Waals surface area contributed by atoms with Crippen LogP contribution in [0.2, 0.25) is 0 Å². The predicted octanol–water partition coefficient (Wildman–Crippen LogP) is 0.653. The monoisotopic (exact) mass is 137 g/mol. The van der Waals surface area contributed by atoms with Crippen LogP contribution in [0, 0.1) is 59.7 Å². The second-order valence-electron chi connectivity index (χ2n) is 1.25. The molecule has 0 rings (SSSR count). The molecule has 0 nitrogen and oxygen atoms in total. The first-order chi connectivity index (χ1) is 5.91. The van der Waals surface area contributed by atoms with Crippen LogP contribution in [0.25, 0.3) is 0 Å². The summed E-state index contributed by atoms with van der Waals surface area (Å²) in [4.78, 5) is 0. The van der Waals surface area contributed by atoms with E-state index in [4.69, 9.17) is 1.37 Å². The molecule has 0 radical (unpaired) electrons. The highest BCUT2D eigenvalue weighted by Gasteiger charge is 1.53. The van der Waals surface area contributed by atoms with Gasteiger partial charge in [-0.15, -0.1) is 6.40 Å². The summed E-state index contributed by atoms with van der Waals surface area (Å²) in [5, 5.41) is 0. The SMILES string of the molecule is [2H]C#CC#CC#CC#CC#CC. The summed E-state index contributed by atoms with van der Waals surface area (Å²) in [6.45, 7) is 1.70. The van der Waals surface area contributed by atoms with Gasteiger partial charge in [-0.2, -0.15) is 0 Å². The molecule has 0 aliphatic carbocycles. The quantitative estimate of drug-likeness (QED) is 0.430. The lowest BCUT2D eigenvalue weighted by Crippen LogP contribution is -1.52. The second-order valence-corrected chi connectivity index (χ2v) is 1.25. The van der Waals surface area contributed by atoms with Crippen molar-refractivity contribution in [2.45, 2.75) is 6.92 Å². The van der Waals surface area contributed by atoms with Gasteiger partial charge in [-0.3, -0.25) is 0 Å². The molecule has 0 aliphatic rings. The average molecular weight is 137 g/mol. The minimum absolute atomic E-state index is 1.70. The number of rotatable bonds is 0. The van der Waals surface area contributed by atoms with E-state index in [0.29, 0.717) is 0 Å². The van der Waals surface area contributed by atoms with Crippen LogP contribution in [0.3, 0.4) is 0 Å². The Balaban J connectivity index is 4.07. The molecule has 0 saturated heterocycles. The van der Waals surface area contributed by atoms with Crippen LogP contribution in [-0.2, 0) is 0 Å². The van der Waals surface area contributed by atoms with Crippen LogP contribution in [0.4, 0.5) is 0 Å². The lowest BCUT2D eigenvalue weighted by Gasteiger charge is -1.53. The lowest BCUT2D eigenvalue weighted by molar-refractivity contribution is 1.92. The molecule has 0 unspecified atom stereocenters. The summed E-state index contributed by atoms with van der Waals surface area (Å²) >= 11 is 0. The zero-order valence-electron chi connectivity index (χ0n) is 7.00. The zero-order valence-corrected chi connectivity index (χ0v) is 6.00. The van der Waals surface area contributed by atoms with Gasteiger partial charge in [0, 0.05) is 0 Å². The van der Waals surface area contributed by atoms with Gasteiger partial charge in [-0.25, -0.2) is 0 Å². The third-order valence-corrected chi connectivity index (χ3v) is 0.562. The highest BCUT2D eigenvalue weighted by Crippen LogP contribution is 1.54. The molecule has 0 heteroatoms. The maximum atomic E-state index is 6.42.